The van der Waals surface area contributed by atoms with E-state index in [2.05, 4.69) is 145 Å². The van der Waals surface area contributed by atoms with Gasteiger partial charge < -0.3 is 11.1 Å². The number of hydrogen-bond acceptors (Lipinski definition) is 5. The third-order valence-electron chi connectivity index (χ3n) is 10.1. The lowest BCUT2D eigenvalue weighted by Crippen LogP contribution is -2.36. The fourth-order valence-corrected chi connectivity index (χ4v) is 9.26. The Balaban J connectivity index is 1.32. The van der Waals surface area contributed by atoms with Crippen molar-refractivity contribution in [3.8, 4) is 11.1 Å². The minimum Gasteiger partial charge on any atom is -0.399 e. The molecule has 1 atom stereocenters. The molecule has 49 heavy (non-hydrogen) atoms. The van der Waals surface area contributed by atoms with Gasteiger partial charge in [-0.25, -0.2) is 9.98 Å². The summed E-state index contributed by atoms with van der Waals surface area (Å²) < 4.78 is 0. The van der Waals surface area contributed by atoms with Gasteiger partial charge >= 0.3 is 0 Å². The van der Waals surface area contributed by atoms with Crippen molar-refractivity contribution in [1.29, 1.82) is 0 Å². The van der Waals surface area contributed by atoms with E-state index in [0.29, 0.717) is 0 Å². The largest absolute Gasteiger partial charge is 0.399 e. The van der Waals surface area contributed by atoms with Crippen LogP contribution in [-0.2, 0) is 5.41 Å². The Morgan fingerprint density at radius 2 is 1.12 bits per heavy atom. The Kier molecular flexibility index (Phi) is 6.21. The Hall–Kier alpha value is -5.91. The number of nitrogens with two attached hydrogens (primary N) is 1. The first-order valence-electron chi connectivity index (χ1n) is 16.6. The lowest BCUT2D eigenvalue weighted by atomic mass is 9.67. The molecule has 3 N–H and O–H groups in total. The predicted molar refractivity (Wildman–Crippen MR) is 202 cm³/mol. The Bertz CT molecular complexity index is 2470. The van der Waals surface area contributed by atoms with E-state index in [1.165, 1.54) is 48.6 Å². The van der Waals surface area contributed by atoms with E-state index in [0.717, 1.165) is 39.4 Å². The number of aliphatic imine (C=N–C) groups is 2. The molecule has 3 aliphatic rings. The zero-order valence-corrected chi connectivity index (χ0v) is 27.3. The van der Waals surface area contributed by atoms with Crippen molar-refractivity contribution in [3.63, 3.8) is 0 Å². The maximum Gasteiger partial charge on any atom is 0.170 e. The summed E-state index contributed by atoms with van der Waals surface area (Å²) in [5.74, 6) is 1.61. The molecular formula is C44H30N4S. The summed E-state index contributed by atoms with van der Waals surface area (Å²) >= 11 is 1.83. The summed E-state index contributed by atoms with van der Waals surface area (Å²) in [6, 6.07) is 56.1. The van der Waals surface area contributed by atoms with Gasteiger partial charge in [-0.2, -0.15) is 0 Å². The van der Waals surface area contributed by atoms with Crippen molar-refractivity contribution in [2.24, 2.45) is 9.98 Å². The Morgan fingerprint density at radius 1 is 0.531 bits per heavy atom. The van der Waals surface area contributed by atoms with Gasteiger partial charge in [-0.3, -0.25) is 0 Å². The molecule has 0 aromatic heterocycles. The van der Waals surface area contributed by atoms with Crippen LogP contribution in [0.4, 0.5) is 5.69 Å². The van der Waals surface area contributed by atoms with E-state index in [1.807, 2.05) is 30.0 Å². The average molecular weight is 647 g/mol. The molecular weight excluding hydrogens is 617 g/mol. The zero-order valence-electron chi connectivity index (χ0n) is 26.5. The van der Waals surface area contributed by atoms with Gasteiger partial charge in [0.1, 0.15) is 11.7 Å². The number of fused-ring (bicyclic) bond motifs is 11. The molecule has 1 aliphatic carbocycles. The van der Waals surface area contributed by atoms with Gasteiger partial charge in [0, 0.05) is 32.2 Å². The summed E-state index contributed by atoms with van der Waals surface area (Å²) in [6.45, 7) is 0. The van der Waals surface area contributed by atoms with E-state index in [1.54, 1.807) is 0 Å². The van der Waals surface area contributed by atoms with E-state index in [4.69, 9.17) is 15.7 Å². The van der Waals surface area contributed by atoms with Crippen LogP contribution in [0.2, 0.25) is 0 Å². The van der Waals surface area contributed by atoms with Gasteiger partial charge in [-0.15, -0.1) is 0 Å². The number of amidine groups is 2. The van der Waals surface area contributed by atoms with Crippen LogP contribution in [-0.4, -0.2) is 11.7 Å². The fourth-order valence-electron chi connectivity index (χ4n) is 8.09. The Morgan fingerprint density at radius 3 is 1.86 bits per heavy atom. The van der Waals surface area contributed by atoms with Crippen molar-refractivity contribution in [2.75, 3.05) is 5.73 Å². The monoisotopic (exact) mass is 646 g/mol. The maximum atomic E-state index is 6.62. The van der Waals surface area contributed by atoms with Crippen LogP contribution in [0, 0.1) is 0 Å². The van der Waals surface area contributed by atoms with Gasteiger partial charge in [0.25, 0.3) is 0 Å². The highest BCUT2D eigenvalue weighted by Gasteiger charge is 2.51. The molecule has 0 saturated carbocycles. The number of anilines is 1. The number of benzene rings is 7. The standard InChI is InChI=1S/C44H30N4S/c45-29-23-24-39-36(25-29)44(35-21-11-12-22-38(35)49-39)34-20-10-9-19-32(34)40-31-18-8-7-17-30(31)33(26-37(40)44)43-47-41(27-13-3-1-4-14-27)46-42(48-43)28-15-5-2-6-16-28/h1-26,43H,45H2,(H,46,47,48). The molecule has 0 amide bonds. The smallest absolute Gasteiger partial charge is 0.170 e. The first-order valence-corrected chi connectivity index (χ1v) is 17.4. The predicted octanol–water partition coefficient (Wildman–Crippen LogP) is 9.75. The quantitative estimate of drug-likeness (QED) is 0.188. The van der Waals surface area contributed by atoms with Crippen LogP contribution in [0.25, 0.3) is 21.9 Å². The van der Waals surface area contributed by atoms with Crippen LogP contribution in [0.1, 0.15) is 45.1 Å². The summed E-state index contributed by atoms with van der Waals surface area (Å²) in [7, 11) is 0. The molecule has 0 bridgehead atoms. The minimum atomic E-state index is -0.567. The second kappa shape index (κ2) is 10.8. The van der Waals surface area contributed by atoms with Crippen LogP contribution in [0.3, 0.4) is 0 Å². The lowest BCUT2D eigenvalue weighted by Gasteiger charge is -2.40. The number of nitrogens with one attached hydrogen (secondary N) is 1. The van der Waals surface area contributed by atoms with Gasteiger partial charge in [0.2, 0.25) is 0 Å². The first kappa shape index (κ1) is 28.1. The topological polar surface area (TPSA) is 62.8 Å². The first-order chi connectivity index (χ1) is 24.2. The van der Waals surface area contributed by atoms with E-state index in [-0.39, 0.29) is 0 Å². The molecule has 1 unspecified atom stereocenters. The van der Waals surface area contributed by atoms with Crippen molar-refractivity contribution in [2.45, 2.75) is 21.4 Å². The molecule has 0 saturated heterocycles. The van der Waals surface area contributed by atoms with Crippen LogP contribution >= 0.6 is 11.8 Å². The average Bonchev–Trinajstić information content (AvgIpc) is 3.46. The fraction of sp³-hybridized carbons (Fsp3) is 0.0455. The second-order valence-corrected chi connectivity index (χ2v) is 13.9. The number of nitrogens with zero attached hydrogens (tertiary/aromatic N) is 2. The van der Waals surface area contributed by atoms with Crippen molar-refractivity contribution in [1.82, 2.24) is 5.32 Å². The highest BCUT2D eigenvalue weighted by molar-refractivity contribution is 7.99. The summed E-state index contributed by atoms with van der Waals surface area (Å²) in [4.78, 5) is 13.2. The van der Waals surface area contributed by atoms with Crippen LogP contribution < -0.4 is 11.1 Å². The molecule has 7 aromatic carbocycles. The summed E-state index contributed by atoms with van der Waals surface area (Å²) in [6.07, 6.45) is -0.476. The summed E-state index contributed by atoms with van der Waals surface area (Å²) in [5, 5.41) is 5.93. The number of rotatable bonds is 3. The zero-order chi connectivity index (χ0) is 32.5. The van der Waals surface area contributed by atoms with E-state index < -0.39 is 11.6 Å². The molecule has 232 valence electrons. The van der Waals surface area contributed by atoms with E-state index in [9.17, 15) is 0 Å². The number of hydrogen-bond donors (Lipinski definition) is 2. The normalized spacial score (nSPS) is 17.4. The second-order valence-electron chi connectivity index (χ2n) is 12.8. The molecule has 0 radical (unpaired) electrons. The molecule has 7 aromatic rings. The molecule has 4 nitrogen and oxygen atoms in total. The van der Waals surface area contributed by atoms with Gasteiger partial charge in [0.15, 0.2) is 6.17 Å². The molecule has 1 spiro atoms. The Labute approximate surface area is 289 Å². The number of nitrogen functional groups attached to an aromatic ring is 1. The highest BCUT2D eigenvalue weighted by atomic mass is 32.2. The van der Waals surface area contributed by atoms with Crippen molar-refractivity contribution in [3.05, 3.63) is 197 Å². The van der Waals surface area contributed by atoms with Crippen LogP contribution in [0.15, 0.2) is 178 Å². The van der Waals surface area contributed by atoms with E-state index >= 15 is 0 Å². The lowest BCUT2D eigenvalue weighted by molar-refractivity contribution is 0.714. The minimum absolute atomic E-state index is 0.476. The maximum absolute atomic E-state index is 6.62. The molecule has 2 aliphatic heterocycles. The molecule has 0 fully saturated rings. The third-order valence-corrected chi connectivity index (χ3v) is 11.3. The molecule has 5 heteroatoms. The van der Waals surface area contributed by atoms with Gasteiger partial charge in [-0.05, 0) is 74.5 Å². The summed E-state index contributed by atoms with van der Waals surface area (Å²) in [5.41, 5.74) is 17.5. The van der Waals surface area contributed by atoms with Crippen molar-refractivity contribution >= 4 is 39.9 Å². The van der Waals surface area contributed by atoms with Gasteiger partial charge in [-0.1, -0.05) is 139 Å². The third kappa shape index (κ3) is 4.12. The van der Waals surface area contributed by atoms with Gasteiger partial charge in [0.05, 0.1) is 5.41 Å². The van der Waals surface area contributed by atoms with Crippen LogP contribution in [0.5, 0.6) is 0 Å². The SMILES string of the molecule is Nc1ccc2c(c1)C1(c3ccccc3S2)c2ccccc2-c2c1cc(C1N=C(c3ccccc3)NC(c3ccccc3)=N1)c1ccccc21. The van der Waals surface area contributed by atoms with Crippen molar-refractivity contribution < 1.29 is 0 Å². The highest BCUT2D eigenvalue weighted by Crippen LogP contribution is 2.63. The molecule has 2 heterocycles. The molecule has 10 rings (SSSR count).